The molecule has 0 saturated heterocycles. The molecule has 0 unspecified atom stereocenters. The Bertz CT molecular complexity index is 1040. The van der Waals surface area contributed by atoms with E-state index in [2.05, 4.69) is 5.32 Å². The average Bonchev–Trinajstić information content (AvgIpc) is 2.77. The molecule has 0 fully saturated rings. The minimum Gasteiger partial charge on any atom is -0.504 e. The van der Waals surface area contributed by atoms with Crippen LogP contribution < -0.4 is 10.1 Å². The van der Waals surface area contributed by atoms with Gasteiger partial charge in [-0.3, -0.25) is 9.59 Å². The topological polar surface area (TPSA) is 111 Å². The summed E-state index contributed by atoms with van der Waals surface area (Å²) in [7, 11) is 2.69. The molecule has 0 radical (unpaired) electrons. The fourth-order valence-corrected chi connectivity index (χ4v) is 4.50. The third kappa shape index (κ3) is 4.47. The summed E-state index contributed by atoms with van der Waals surface area (Å²) in [6, 6.07) is 4.75. The lowest BCUT2D eigenvalue weighted by molar-refractivity contribution is -0.151. The highest BCUT2D eigenvalue weighted by Gasteiger charge is 2.47. The molecular weight excluding hydrogens is 426 g/mol. The molecule has 0 spiro atoms. The number of esters is 2. The smallest absolute Gasteiger partial charge is 0.337 e. The van der Waals surface area contributed by atoms with Crippen LogP contribution in [0.1, 0.15) is 52.0 Å². The van der Waals surface area contributed by atoms with Gasteiger partial charge in [0, 0.05) is 22.9 Å². The SMILES string of the molecule is CC[C@H](C)OC(=O)C1=C(C)NC2=C(C(=O)[C@H](C(=O)OC)[C@H](C)C2)[C@@H]1c1ccc(OC)c(O)c1. The number of carbonyl (C=O) groups is 3. The van der Waals surface area contributed by atoms with Crippen LogP contribution in [-0.2, 0) is 23.9 Å². The number of phenolic OH excluding ortho intramolecular Hbond substituents is 1. The van der Waals surface area contributed by atoms with Crippen molar-refractivity contribution in [3.8, 4) is 11.5 Å². The number of ketones is 1. The summed E-state index contributed by atoms with van der Waals surface area (Å²) in [4.78, 5) is 39.4. The third-order valence-corrected chi connectivity index (χ3v) is 6.38. The van der Waals surface area contributed by atoms with Gasteiger partial charge in [-0.2, -0.15) is 0 Å². The van der Waals surface area contributed by atoms with Crippen molar-refractivity contribution in [2.45, 2.75) is 52.6 Å². The second kappa shape index (κ2) is 9.68. The maximum absolute atomic E-state index is 13.7. The van der Waals surface area contributed by atoms with Crippen molar-refractivity contribution in [1.29, 1.82) is 0 Å². The second-order valence-corrected chi connectivity index (χ2v) is 8.59. The number of nitrogens with one attached hydrogen (secondary N) is 1. The maximum Gasteiger partial charge on any atom is 0.337 e. The zero-order valence-corrected chi connectivity index (χ0v) is 19.9. The summed E-state index contributed by atoms with van der Waals surface area (Å²) in [5, 5.41) is 13.6. The van der Waals surface area contributed by atoms with Crippen molar-refractivity contribution in [3.63, 3.8) is 0 Å². The van der Waals surface area contributed by atoms with E-state index in [1.165, 1.54) is 20.3 Å². The fourth-order valence-electron chi connectivity index (χ4n) is 4.50. The van der Waals surface area contributed by atoms with Crippen LogP contribution in [0.5, 0.6) is 11.5 Å². The number of phenols is 1. The first kappa shape index (κ1) is 24.4. The van der Waals surface area contributed by atoms with E-state index in [0.29, 0.717) is 35.4 Å². The van der Waals surface area contributed by atoms with Crippen LogP contribution >= 0.6 is 0 Å². The molecule has 0 aromatic heterocycles. The minimum absolute atomic E-state index is 0.121. The number of hydrogen-bond donors (Lipinski definition) is 2. The number of carbonyl (C=O) groups excluding carboxylic acids is 3. The van der Waals surface area contributed by atoms with Crippen molar-refractivity contribution < 1.29 is 33.7 Å². The van der Waals surface area contributed by atoms with Crippen LogP contribution in [0, 0.1) is 11.8 Å². The third-order valence-electron chi connectivity index (χ3n) is 6.38. The van der Waals surface area contributed by atoms with E-state index in [9.17, 15) is 19.5 Å². The molecule has 1 heterocycles. The molecule has 0 bridgehead atoms. The lowest BCUT2D eigenvalue weighted by atomic mass is 9.69. The van der Waals surface area contributed by atoms with Crippen molar-refractivity contribution in [3.05, 3.63) is 46.3 Å². The number of methoxy groups -OCH3 is 2. The van der Waals surface area contributed by atoms with E-state index < -0.39 is 29.6 Å². The second-order valence-electron chi connectivity index (χ2n) is 8.59. The summed E-state index contributed by atoms with van der Waals surface area (Å²) in [6.45, 7) is 7.29. The van der Waals surface area contributed by atoms with Crippen molar-refractivity contribution in [1.82, 2.24) is 5.32 Å². The van der Waals surface area contributed by atoms with E-state index in [4.69, 9.17) is 14.2 Å². The Kier molecular flexibility index (Phi) is 7.15. The zero-order valence-electron chi connectivity index (χ0n) is 19.9. The van der Waals surface area contributed by atoms with Gasteiger partial charge in [-0.05, 0) is 50.3 Å². The molecule has 178 valence electrons. The lowest BCUT2D eigenvalue weighted by Crippen LogP contribution is -2.43. The van der Waals surface area contributed by atoms with Crippen LogP contribution in [0.3, 0.4) is 0 Å². The predicted molar refractivity (Wildman–Crippen MR) is 120 cm³/mol. The summed E-state index contributed by atoms with van der Waals surface area (Å²) in [6.07, 6.45) is 0.752. The first-order chi connectivity index (χ1) is 15.6. The van der Waals surface area contributed by atoms with Crippen LogP contribution in [0.25, 0.3) is 0 Å². The molecule has 0 amide bonds. The monoisotopic (exact) mass is 457 g/mol. The van der Waals surface area contributed by atoms with Crippen LogP contribution in [0.15, 0.2) is 40.7 Å². The molecule has 1 aliphatic heterocycles. The molecule has 2 N–H and O–H groups in total. The Hall–Kier alpha value is -3.29. The number of ether oxygens (including phenoxy) is 3. The van der Waals surface area contributed by atoms with Crippen molar-refractivity contribution >= 4 is 17.7 Å². The largest absolute Gasteiger partial charge is 0.504 e. The Morgan fingerprint density at radius 3 is 2.55 bits per heavy atom. The van der Waals surface area contributed by atoms with Gasteiger partial charge in [0.1, 0.15) is 5.92 Å². The Morgan fingerprint density at radius 2 is 1.97 bits per heavy atom. The van der Waals surface area contributed by atoms with Gasteiger partial charge >= 0.3 is 11.9 Å². The number of hydrogen-bond acceptors (Lipinski definition) is 8. The van der Waals surface area contributed by atoms with Gasteiger partial charge in [0.2, 0.25) is 0 Å². The fraction of sp³-hybridized carbons (Fsp3) is 0.480. The zero-order chi connectivity index (χ0) is 24.4. The van der Waals surface area contributed by atoms with E-state index in [1.54, 1.807) is 26.0 Å². The van der Waals surface area contributed by atoms with Gasteiger partial charge < -0.3 is 24.6 Å². The van der Waals surface area contributed by atoms with E-state index in [-0.39, 0.29) is 29.1 Å². The lowest BCUT2D eigenvalue weighted by Gasteiger charge is -2.38. The van der Waals surface area contributed by atoms with Gasteiger partial charge in [0.25, 0.3) is 0 Å². The Morgan fingerprint density at radius 1 is 1.27 bits per heavy atom. The highest BCUT2D eigenvalue weighted by atomic mass is 16.5. The molecule has 1 aliphatic carbocycles. The average molecular weight is 458 g/mol. The van der Waals surface area contributed by atoms with Gasteiger partial charge in [-0.1, -0.05) is 19.9 Å². The summed E-state index contributed by atoms with van der Waals surface area (Å²) in [5.74, 6) is -3.48. The van der Waals surface area contributed by atoms with Crippen molar-refractivity contribution in [2.75, 3.05) is 14.2 Å². The molecule has 1 aromatic carbocycles. The van der Waals surface area contributed by atoms with E-state index in [1.807, 2.05) is 13.8 Å². The number of Topliss-reactive ketones (excluding diaryl/α,β-unsaturated/α-hetero) is 1. The number of benzene rings is 1. The van der Waals surface area contributed by atoms with Crippen LogP contribution in [-0.4, -0.2) is 43.2 Å². The van der Waals surface area contributed by atoms with Gasteiger partial charge in [0.15, 0.2) is 17.3 Å². The highest BCUT2D eigenvalue weighted by molar-refractivity contribution is 6.12. The maximum atomic E-state index is 13.7. The summed E-state index contributed by atoms with van der Waals surface area (Å²) < 4.78 is 15.7. The molecule has 3 rings (SSSR count). The molecule has 0 saturated carbocycles. The first-order valence-corrected chi connectivity index (χ1v) is 11.0. The molecule has 2 aliphatic rings. The minimum atomic E-state index is -0.977. The molecule has 8 heteroatoms. The highest BCUT2D eigenvalue weighted by Crippen LogP contribution is 2.46. The van der Waals surface area contributed by atoms with Gasteiger partial charge in [-0.15, -0.1) is 0 Å². The molecule has 8 nitrogen and oxygen atoms in total. The van der Waals surface area contributed by atoms with E-state index >= 15 is 0 Å². The Balaban J connectivity index is 2.19. The van der Waals surface area contributed by atoms with Crippen molar-refractivity contribution in [2.24, 2.45) is 11.8 Å². The predicted octanol–water partition coefficient (Wildman–Crippen LogP) is 3.36. The quantitative estimate of drug-likeness (QED) is 0.494. The standard InChI is InChI=1S/C25H31NO7/c1-7-13(3)33-25(30)20-14(4)26-16-10-12(2)19(24(29)32-6)23(28)22(16)21(20)15-8-9-18(31-5)17(27)11-15/h8-9,11-13,19,21,26-27H,7,10H2,1-6H3/t12-,13+,19-,21-/m1/s1. The summed E-state index contributed by atoms with van der Waals surface area (Å²) in [5.41, 5.74) is 2.33. The first-order valence-electron chi connectivity index (χ1n) is 11.0. The Labute approximate surface area is 193 Å². The number of rotatable bonds is 6. The molecule has 33 heavy (non-hydrogen) atoms. The number of allylic oxidation sites excluding steroid dienone is 3. The molecular formula is C25H31NO7. The molecule has 1 aromatic rings. The summed E-state index contributed by atoms with van der Waals surface area (Å²) >= 11 is 0. The van der Waals surface area contributed by atoms with Gasteiger partial charge in [-0.25, -0.2) is 4.79 Å². The normalized spacial score (nSPS) is 23.5. The number of dihydropyridines is 1. The van der Waals surface area contributed by atoms with Crippen LogP contribution in [0.2, 0.25) is 0 Å². The number of aromatic hydroxyl groups is 1. The van der Waals surface area contributed by atoms with Crippen LogP contribution in [0.4, 0.5) is 0 Å². The van der Waals surface area contributed by atoms with Gasteiger partial charge in [0.05, 0.1) is 25.9 Å². The van der Waals surface area contributed by atoms with E-state index in [0.717, 1.165) is 0 Å². The molecule has 4 atom stereocenters.